The Labute approximate surface area is 112 Å². The number of carbonyl (C=O) groups is 1. The Hall–Kier alpha value is -1.97. The predicted molar refractivity (Wildman–Crippen MR) is 63.3 cm³/mol. The van der Waals surface area contributed by atoms with E-state index < -0.39 is 5.97 Å². The first-order valence-electron chi connectivity index (χ1n) is 5.61. The quantitative estimate of drug-likeness (QED) is 0.719. The lowest BCUT2D eigenvalue weighted by atomic mass is 10.3. The molecule has 2 aromatic heterocycles. The van der Waals surface area contributed by atoms with Gasteiger partial charge in [-0.1, -0.05) is 23.8 Å². The van der Waals surface area contributed by atoms with Crippen molar-refractivity contribution in [3.63, 3.8) is 0 Å². The molecule has 0 aliphatic rings. The van der Waals surface area contributed by atoms with Crippen molar-refractivity contribution < 1.29 is 14.4 Å². The average molecular weight is 284 g/mol. The van der Waals surface area contributed by atoms with Crippen molar-refractivity contribution in [3.8, 4) is 0 Å². The molecule has 0 radical (unpaired) electrons. The van der Waals surface area contributed by atoms with Crippen LogP contribution in [0.2, 0.25) is 0 Å². The molecule has 0 saturated carbocycles. The highest BCUT2D eigenvalue weighted by molar-refractivity contribution is 7.98. The summed E-state index contributed by atoms with van der Waals surface area (Å²) in [5.74, 6) is 0.537. The second-order valence-corrected chi connectivity index (χ2v) is 4.60. The highest BCUT2D eigenvalue weighted by Gasteiger charge is 2.12. The van der Waals surface area contributed by atoms with Gasteiger partial charge in [-0.3, -0.25) is 4.79 Å². The zero-order valence-corrected chi connectivity index (χ0v) is 11.0. The van der Waals surface area contributed by atoms with Crippen molar-refractivity contribution in [2.24, 2.45) is 0 Å². The number of aromatic nitrogens is 6. The lowest BCUT2D eigenvalue weighted by Crippen LogP contribution is -2.11. The Kier molecular flexibility index (Phi) is 4.44. The minimum Gasteiger partial charge on any atom is -0.480 e. The molecular weight excluding hydrogens is 272 g/mol. The maximum Gasteiger partial charge on any atom is 0.325 e. The van der Waals surface area contributed by atoms with Gasteiger partial charge in [0, 0.05) is 6.42 Å². The third kappa shape index (κ3) is 3.74. The molecule has 0 atom stereocenters. The molecule has 19 heavy (non-hydrogen) atoms. The Bertz CT molecular complexity index is 554. The van der Waals surface area contributed by atoms with Crippen LogP contribution >= 0.6 is 11.8 Å². The Morgan fingerprint density at radius 3 is 3.11 bits per heavy atom. The topological polar surface area (TPSA) is 120 Å². The summed E-state index contributed by atoms with van der Waals surface area (Å²) in [5, 5.41) is 23.7. The van der Waals surface area contributed by atoms with Gasteiger partial charge >= 0.3 is 5.97 Å². The molecule has 10 heteroatoms. The summed E-state index contributed by atoms with van der Waals surface area (Å²) < 4.78 is 6.27. The van der Waals surface area contributed by atoms with E-state index in [9.17, 15) is 4.79 Å². The molecule has 1 N–H and O–H groups in total. The van der Waals surface area contributed by atoms with Crippen molar-refractivity contribution in [3.05, 3.63) is 11.7 Å². The number of rotatable bonds is 7. The van der Waals surface area contributed by atoms with E-state index in [4.69, 9.17) is 9.63 Å². The third-order valence-electron chi connectivity index (χ3n) is 2.09. The molecule has 2 heterocycles. The zero-order valence-electron chi connectivity index (χ0n) is 10.2. The van der Waals surface area contributed by atoms with E-state index in [0.29, 0.717) is 22.6 Å². The van der Waals surface area contributed by atoms with Gasteiger partial charge in [-0.05, 0) is 16.8 Å². The molecule has 0 bridgehead atoms. The Morgan fingerprint density at radius 1 is 1.53 bits per heavy atom. The van der Waals surface area contributed by atoms with Crippen molar-refractivity contribution in [2.75, 3.05) is 0 Å². The van der Waals surface area contributed by atoms with Gasteiger partial charge < -0.3 is 9.63 Å². The molecule has 2 aromatic rings. The minimum absolute atomic E-state index is 0.278. The number of aryl methyl sites for hydroxylation is 1. The lowest BCUT2D eigenvalue weighted by Gasteiger charge is -1.98. The first-order valence-corrected chi connectivity index (χ1v) is 6.59. The first-order chi connectivity index (χ1) is 9.19. The largest absolute Gasteiger partial charge is 0.480 e. The van der Waals surface area contributed by atoms with Crippen LogP contribution in [0.4, 0.5) is 0 Å². The number of carboxylic acids is 1. The molecule has 102 valence electrons. The fourth-order valence-electron chi connectivity index (χ4n) is 1.33. The molecule has 0 aliphatic heterocycles. The van der Waals surface area contributed by atoms with Gasteiger partial charge in [0.1, 0.15) is 6.54 Å². The Balaban J connectivity index is 1.94. The van der Waals surface area contributed by atoms with Crippen molar-refractivity contribution in [1.82, 2.24) is 30.3 Å². The zero-order chi connectivity index (χ0) is 13.7. The number of thioether (sulfide) groups is 1. The highest BCUT2D eigenvalue weighted by Crippen LogP contribution is 2.18. The summed E-state index contributed by atoms with van der Waals surface area (Å²) >= 11 is 1.25. The van der Waals surface area contributed by atoms with E-state index in [1.165, 1.54) is 16.4 Å². The fraction of sp³-hybridized carbons (Fsp3) is 0.556. The van der Waals surface area contributed by atoms with Gasteiger partial charge in [0.15, 0.2) is 5.82 Å². The van der Waals surface area contributed by atoms with Crippen LogP contribution < -0.4 is 0 Å². The fourth-order valence-corrected chi connectivity index (χ4v) is 2.04. The summed E-state index contributed by atoms with van der Waals surface area (Å²) in [6, 6.07) is 0. The molecule has 0 unspecified atom stereocenters. The van der Waals surface area contributed by atoms with Crippen LogP contribution in [-0.4, -0.2) is 41.4 Å². The van der Waals surface area contributed by atoms with E-state index in [-0.39, 0.29) is 6.54 Å². The summed E-state index contributed by atoms with van der Waals surface area (Å²) in [6.45, 7) is 1.76. The summed E-state index contributed by atoms with van der Waals surface area (Å²) in [5.41, 5.74) is 0. The molecule has 0 fully saturated rings. The SMILES string of the molecule is CCCc1noc(CSc2nnnn2CC(=O)O)n1. The number of hydrogen-bond donors (Lipinski definition) is 1. The number of nitrogens with zero attached hydrogens (tertiary/aromatic N) is 6. The average Bonchev–Trinajstić information content (AvgIpc) is 2.96. The van der Waals surface area contributed by atoms with Gasteiger partial charge in [0.2, 0.25) is 11.0 Å². The molecule has 0 amide bonds. The monoisotopic (exact) mass is 284 g/mol. The third-order valence-corrected chi connectivity index (χ3v) is 3.03. The maximum atomic E-state index is 10.6. The van der Waals surface area contributed by atoms with Gasteiger partial charge in [0.05, 0.1) is 5.75 Å². The van der Waals surface area contributed by atoms with Crippen LogP contribution in [0.15, 0.2) is 9.68 Å². The molecule has 0 aliphatic carbocycles. The van der Waals surface area contributed by atoms with Gasteiger partial charge in [-0.2, -0.15) is 4.98 Å². The highest BCUT2D eigenvalue weighted by atomic mass is 32.2. The predicted octanol–water partition coefficient (Wildman–Crippen LogP) is 0.385. The molecular formula is C9H12N6O3S. The molecule has 0 aromatic carbocycles. The van der Waals surface area contributed by atoms with E-state index in [2.05, 4.69) is 25.7 Å². The summed E-state index contributed by atoms with van der Waals surface area (Å²) in [7, 11) is 0. The van der Waals surface area contributed by atoms with E-state index >= 15 is 0 Å². The van der Waals surface area contributed by atoms with E-state index in [1.807, 2.05) is 6.92 Å². The number of carboxylic acid groups (broad SMARTS) is 1. The number of hydrogen-bond acceptors (Lipinski definition) is 8. The van der Waals surface area contributed by atoms with Crippen molar-refractivity contribution >= 4 is 17.7 Å². The summed E-state index contributed by atoms with van der Waals surface area (Å²) in [6.07, 6.45) is 1.72. The smallest absolute Gasteiger partial charge is 0.325 e. The van der Waals surface area contributed by atoms with E-state index in [0.717, 1.165) is 12.8 Å². The van der Waals surface area contributed by atoms with Crippen LogP contribution in [0.3, 0.4) is 0 Å². The summed E-state index contributed by atoms with van der Waals surface area (Å²) in [4.78, 5) is 14.8. The second kappa shape index (κ2) is 6.27. The molecule has 9 nitrogen and oxygen atoms in total. The number of tetrazole rings is 1. The van der Waals surface area contributed by atoms with Crippen molar-refractivity contribution in [1.29, 1.82) is 0 Å². The van der Waals surface area contributed by atoms with Crippen LogP contribution in [0.5, 0.6) is 0 Å². The van der Waals surface area contributed by atoms with Gasteiger partial charge in [-0.15, -0.1) is 5.10 Å². The molecule has 0 spiro atoms. The van der Waals surface area contributed by atoms with Crippen LogP contribution in [0.25, 0.3) is 0 Å². The molecule has 0 saturated heterocycles. The molecule has 2 rings (SSSR count). The lowest BCUT2D eigenvalue weighted by molar-refractivity contribution is -0.138. The van der Waals surface area contributed by atoms with Crippen molar-refractivity contribution in [2.45, 2.75) is 37.2 Å². The van der Waals surface area contributed by atoms with Gasteiger partial charge in [-0.25, -0.2) is 4.68 Å². The maximum absolute atomic E-state index is 10.6. The van der Waals surface area contributed by atoms with Gasteiger partial charge in [0.25, 0.3) is 0 Å². The van der Waals surface area contributed by atoms with E-state index in [1.54, 1.807) is 0 Å². The minimum atomic E-state index is -1.00. The normalized spacial score (nSPS) is 10.8. The second-order valence-electron chi connectivity index (χ2n) is 3.66. The standard InChI is InChI=1S/C9H12N6O3S/c1-2-3-6-10-7(18-12-6)5-19-9-11-13-14-15(9)4-8(16)17/h2-5H2,1H3,(H,16,17). The van der Waals surface area contributed by atoms with Crippen LogP contribution in [0.1, 0.15) is 25.1 Å². The van der Waals surface area contributed by atoms with Crippen LogP contribution in [-0.2, 0) is 23.5 Å². The van der Waals surface area contributed by atoms with Crippen LogP contribution in [0, 0.1) is 0 Å². The number of aliphatic carboxylic acids is 1. The Morgan fingerprint density at radius 2 is 2.37 bits per heavy atom. The first kappa shape index (κ1) is 13.5.